The number of hydrogen-bond donors (Lipinski definition) is 1. The van der Waals surface area contributed by atoms with E-state index >= 15 is 0 Å². The van der Waals surface area contributed by atoms with Gasteiger partial charge in [-0.25, -0.2) is 0 Å². The Kier molecular flexibility index (Phi) is 3.35. The summed E-state index contributed by atoms with van der Waals surface area (Å²) in [6.07, 6.45) is 8.70. The SMILES string of the molecule is C=CCC1C(=C)C(=C)C1(C=CC)NC=C. The summed E-state index contributed by atoms with van der Waals surface area (Å²) in [5.74, 6) is 0.344. The lowest BCUT2D eigenvalue weighted by atomic mass is 9.58. The van der Waals surface area contributed by atoms with E-state index in [1.807, 2.05) is 19.1 Å². The highest BCUT2D eigenvalue weighted by Gasteiger charge is 2.49. The van der Waals surface area contributed by atoms with E-state index in [2.05, 4.69) is 37.7 Å². The summed E-state index contributed by atoms with van der Waals surface area (Å²) in [7, 11) is 0. The third-order valence-corrected chi connectivity index (χ3v) is 3.03. The zero-order chi connectivity index (χ0) is 11.5. The predicted octanol–water partition coefficient (Wildman–Crippen LogP) is 3.35. The van der Waals surface area contributed by atoms with E-state index in [4.69, 9.17) is 0 Å². The van der Waals surface area contributed by atoms with Crippen molar-refractivity contribution < 1.29 is 0 Å². The lowest BCUT2D eigenvalue weighted by molar-refractivity contribution is 0.324. The lowest BCUT2D eigenvalue weighted by Crippen LogP contribution is -2.57. The van der Waals surface area contributed by atoms with Crippen LogP contribution in [-0.4, -0.2) is 5.54 Å². The van der Waals surface area contributed by atoms with Gasteiger partial charge in [-0.2, -0.15) is 0 Å². The van der Waals surface area contributed by atoms with E-state index in [0.29, 0.717) is 5.92 Å². The molecular formula is C14H19N. The molecule has 0 aromatic heterocycles. The summed E-state index contributed by atoms with van der Waals surface area (Å²) in [4.78, 5) is 0. The topological polar surface area (TPSA) is 12.0 Å². The number of hydrogen-bond acceptors (Lipinski definition) is 1. The summed E-state index contributed by atoms with van der Waals surface area (Å²) in [5.41, 5.74) is 1.97. The molecule has 1 N–H and O–H groups in total. The molecule has 0 aliphatic heterocycles. The second-order valence-corrected chi connectivity index (χ2v) is 3.80. The molecule has 0 aromatic carbocycles. The van der Waals surface area contributed by atoms with Crippen molar-refractivity contribution in [3.8, 4) is 0 Å². The van der Waals surface area contributed by atoms with Crippen molar-refractivity contribution in [2.75, 3.05) is 0 Å². The molecule has 1 aliphatic rings. The highest BCUT2D eigenvalue weighted by molar-refractivity contribution is 5.56. The average Bonchev–Trinajstić information content (AvgIpc) is 2.24. The van der Waals surface area contributed by atoms with Gasteiger partial charge < -0.3 is 5.32 Å². The molecule has 0 heterocycles. The second kappa shape index (κ2) is 4.35. The van der Waals surface area contributed by atoms with Gasteiger partial charge in [-0.3, -0.25) is 0 Å². The summed E-state index contributed by atoms with van der Waals surface area (Å²) >= 11 is 0. The molecule has 1 aliphatic carbocycles. The van der Waals surface area contributed by atoms with Crippen molar-refractivity contribution in [3.05, 3.63) is 61.9 Å². The molecule has 0 amide bonds. The van der Waals surface area contributed by atoms with Crippen molar-refractivity contribution >= 4 is 0 Å². The minimum Gasteiger partial charge on any atom is -0.378 e. The number of nitrogens with one attached hydrogen (secondary N) is 1. The monoisotopic (exact) mass is 201 g/mol. The summed E-state index contributed by atoms with van der Waals surface area (Å²) in [6, 6.07) is 0. The molecule has 0 bridgehead atoms. The Morgan fingerprint density at radius 2 is 2.07 bits per heavy atom. The minimum absolute atomic E-state index is 0.193. The zero-order valence-electron chi connectivity index (χ0n) is 9.42. The maximum absolute atomic E-state index is 4.07. The molecule has 0 radical (unpaired) electrons. The fraction of sp³-hybridized carbons (Fsp3) is 0.286. The Hall–Kier alpha value is -1.50. The van der Waals surface area contributed by atoms with E-state index in [1.165, 1.54) is 0 Å². The summed E-state index contributed by atoms with van der Waals surface area (Å²) in [5, 5.41) is 3.28. The van der Waals surface area contributed by atoms with Crippen molar-refractivity contribution in [3.63, 3.8) is 0 Å². The van der Waals surface area contributed by atoms with Crippen LogP contribution in [0.5, 0.6) is 0 Å². The Labute approximate surface area is 92.6 Å². The van der Waals surface area contributed by atoms with Crippen LogP contribution in [0.1, 0.15) is 13.3 Å². The first-order chi connectivity index (χ1) is 7.14. The fourth-order valence-corrected chi connectivity index (χ4v) is 2.26. The van der Waals surface area contributed by atoms with Gasteiger partial charge in [0, 0.05) is 5.92 Å². The molecule has 15 heavy (non-hydrogen) atoms. The molecule has 80 valence electrons. The van der Waals surface area contributed by atoms with Crippen LogP contribution in [0.25, 0.3) is 0 Å². The van der Waals surface area contributed by atoms with Crippen LogP contribution in [-0.2, 0) is 0 Å². The molecule has 1 heteroatoms. The molecule has 1 saturated carbocycles. The van der Waals surface area contributed by atoms with Crippen LogP contribution in [0.3, 0.4) is 0 Å². The molecule has 0 spiro atoms. The van der Waals surface area contributed by atoms with Gasteiger partial charge in [0.25, 0.3) is 0 Å². The Balaban J connectivity index is 3.03. The molecule has 2 unspecified atom stereocenters. The highest BCUT2D eigenvalue weighted by atomic mass is 15.0. The van der Waals surface area contributed by atoms with Crippen LogP contribution in [0.2, 0.25) is 0 Å². The third kappa shape index (κ3) is 1.58. The van der Waals surface area contributed by atoms with Gasteiger partial charge in [-0.05, 0) is 30.7 Å². The van der Waals surface area contributed by atoms with Crippen molar-refractivity contribution in [1.29, 1.82) is 0 Å². The molecular weight excluding hydrogens is 182 g/mol. The standard InChI is InChI=1S/C14H19N/c1-6-9-13-11(4)12(5)14(13,10-7-2)15-8-3/h6-8,10,13,15H,1,3-5,9H2,2H3. The van der Waals surface area contributed by atoms with Gasteiger partial charge in [-0.1, -0.05) is 38.0 Å². The zero-order valence-corrected chi connectivity index (χ0v) is 9.42. The largest absolute Gasteiger partial charge is 0.378 e. The van der Waals surface area contributed by atoms with E-state index < -0.39 is 0 Å². The van der Waals surface area contributed by atoms with E-state index in [-0.39, 0.29) is 5.54 Å². The molecule has 2 atom stereocenters. The Bertz CT molecular complexity index is 335. The fourth-order valence-electron chi connectivity index (χ4n) is 2.26. The lowest BCUT2D eigenvalue weighted by Gasteiger charge is -2.52. The Morgan fingerprint density at radius 1 is 1.40 bits per heavy atom. The molecule has 1 rings (SSSR count). The highest BCUT2D eigenvalue weighted by Crippen LogP contribution is 2.49. The molecule has 1 fully saturated rings. The number of allylic oxidation sites excluding steroid dienone is 2. The van der Waals surface area contributed by atoms with Gasteiger partial charge in [0.1, 0.15) is 0 Å². The quantitative estimate of drug-likeness (QED) is 0.673. The average molecular weight is 201 g/mol. The predicted molar refractivity (Wildman–Crippen MR) is 67.5 cm³/mol. The first-order valence-corrected chi connectivity index (χ1v) is 5.16. The van der Waals surface area contributed by atoms with Gasteiger partial charge in [-0.15, -0.1) is 6.58 Å². The van der Waals surface area contributed by atoms with Crippen LogP contribution in [0.4, 0.5) is 0 Å². The van der Waals surface area contributed by atoms with Crippen LogP contribution >= 0.6 is 0 Å². The van der Waals surface area contributed by atoms with Crippen LogP contribution in [0.15, 0.2) is 61.9 Å². The third-order valence-electron chi connectivity index (χ3n) is 3.03. The minimum atomic E-state index is -0.193. The normalized spacial score (nSPS) is 30.1. The summed E-state index contributed by atoms with van der Waals surface area (Å²) < 4.78 is 0. The van der Waals surface area contributed by atoms with Gasteiger partial charge in [0.15, 0.2) is 0 Å². The number of rotatable bonds is 5. The summed E-state index contributed by atoms with van der Waals surface area (Å²) in [6.45, 7) is 17.6. The van der Waals surface area contributed by atoms with E-state index in [0.717, 1.165) is 17.6 Å². The molecule has 0 saturated heterocycles. The maximum Gasteiger partial charge on any atom is 0.0873 e. The van der Waals surface area contributed by atoms with Gasteiger partial charge in [0.2, 0.25) is 0 Å². The second-order valence-electron chi connectivity index (χ2n) is 3.80. The van der Waals surface area contributed by atoms with Crippen LogP contribution < -0.4 is 5.32 Å². The first kappa shape index (κ1) is 11.6. The maximum atomic E-state index is 4.07. The smallest absolute Gasteiger partial charge is 0.0873 e. The Morgan fingerprint density at radius 3 is 2.53 bits per heavy atom. The van der Waals surface area contributed by atoms with E-state index in [9.17, 15) is 0 Å². The first-order valence-electron chi connectivity index (χ1n) is 5.16. The van der Waals surface area contributed by atoms with E-state index in [1.54, 1.807) is 6.20 Å². The van der Waals surface area contributed by atoms with Crippen molar-refractivity contribution in [2.45, 2.75) is 18.9 Å². The molecule has 1 nitrogen and oxygen atoms in total. The van der Waals surface area contributed by atoms with Gasteiger partial charge in [0.05, 0.1) is 5.54 Å². The van der Waals surface area contributed by atoms with Crippen molar-refractivity contribution in [2.24, 2.45) is 5.92 Å². The molecule has 0 aromatic rings. The van der Waals surface area contributed by atoms with Gasteiger partial charge >= 0.3 is 0 Å². The van der Waals surface area contributed by atoms with Crippen LogP contribution in [0, 0.1) is 5.92 Å². The van der Waals surface area contributed by atoms with Crippen molar-refractivity contribution in [1.82, 2.24) is 5.32 Å².